The highest BCUT2D eigenvalue weighted by molar-refractivity contribution is 6.32. The average Bonchev–Trinajstić information content (AvgIpc) is 2.30. The Morgan fingerprint density at radius 3 is 2.94 bits per heavy atom. The van der Waals surface area contributed by atoms with Gasteiger partial charge in [-0.25, -0.2) is 4.98 Å². The first-order valence-electron chi connectivity index (χ1n) is 4.45. The second kappa shape index (κ2) is 4.28. The van der Waals surface area contributed by atoms with Crippen molar-refractivity contribution in [2.75, 3.05) is 0 Å². The first-order chi connectivity index (χ1) is 7.68. The van der Waals surface area contributed by atoms with Gasteiger partial charge in [0.25, 0.3) is 5.69 Å². The molecule has 0 bridgehead atoms. The minimum Gasteiger partial charge on any atom is -0.258 e. The highest BCUT2D eigenvalue weighted by atomic mass is 35.5. The molecule has 0 aliphatic carbocycles. The van der Waals surface area contributed by atoms with Gasteiger partial charge in [0.15, 0.2) is 0 Å². The number of nitro groups is 1. The molecule has 79 valence electrons. The third-order valence-corrected chi connectivity index (χ3v) is 2.33. The third-order valence-electron chi connectivity index (χ3n) is 2.04. The second-order valence-electron chi connectivity index (χ2n) is 3.06. The van der Waals surface area contributed by atoms with E-state index in [4.69, 9.17) is 11.6 Å². The van der Waals surface area contributed by atoms with Gasteiger partial charge in [-0.3, -0.25) is 10.1 Å². The highest BCUT2D eigenvalue weighted by Gasteiger charge is 2.09. The van der Waals surface area contributed by atoms with Crippen LogP contribution >= 0.6 is 11.6 Å². The maximum Gasteiger partial charge on any atom is 0.270 e. The predicted molar refractivity (Wildman–Crippen MR) is 60.2 cm³/mol. The van der Waals surface area contributed by atoms with Crippen molar-refractivity contribution in [3.05, 3.63) is 57.9 Å². The Bertz CT molecular complexity index is 543. The van der Waals surface area contributed by atoms with Crippen LogP contribution in [-0.4, -0.2) is 9.91 Å². The minimum absolute atomic E-state index is 0.0193. The topological polar surface area (TPSA) is 56.0 Å². The lowest BCUT2D eigenvalue weighted by atomic mass is 10.1. The molecule has 0 saturated carbocycles. The summed E-state index contributed by atoms with van der Waals surface area (Å²) < 4.78 is 0. The summed E-state index contributed by atoms with van der Waals surface area (Å²) in [5.41, 5.74) is 1.21. The summed E-state index contributed by atoms with van der Waals surface area (Å²) >= 11 is 5.88. The number of hydrogen-bond acceptors (Lipinski definition) is 3. The van der Waals surface area contributed by atoms with E-state index in [1.54, 1.807) is 18.2 Å². The normalized spacial score (nSPS) is 10.1. The van der Waals surface area contributed by atoms with Crippen LogP contribution < -0.4 is 0 Å². The summed E-state index contributed by atoms with van der Waals surface area (Å²) in [6.07, 6.45) is 1.52. The number of non-ortho nitro benzene ring substituents is 1. The van der Waals surface area contributed by atoms with Gasteiger partial charge >= 0.3 is 0 Å². The van der Waals surface area contributed by atoms with Crippen molar-refractivity contribution in [3.8, 4) is 11.1 Å². The van der Waals surface area contributed by atoms with Gasteiger partial charge in [-0.2, -0.15) is 0 Å². The third kappa shape index (κ3) is 2.01. The molecule has 5 heteroatoms. The molecule has 1 aromatic carbocycles. The SMILES string of the molecule is O=[N+]([O-])c1cccc(-c2[c]ccnc2Cl)c1. The number of pyridine rings is 1. The number of hydrogen-bond donors (Lipinski definition) is 0. The van der Waals surface area contributed by atoms with Crippen LogP contribution in [0.5, 0.6) is 0 Å². The number of aromatic nitrogens is 1. The van der Waals surface area contributed by atoms with Crippen LogP contribution in [0.2, 0.25) is 5.15 Å². The fourth-order valence-electron chi connectivity index (χ4n) is 1.32. The van der Waals surface area contributed by atoms with Crippen molar-refractivity contribution < 1.29 is 4.92 Å². The average molecular weight is 234 g/mol. The van der Waals surface area contributed by atoms with Crippen molar-refractivity contribution in [1.29, 1.82) is 0 Å². The molecular weight excluding hydrogens is 228 g/mol. The van der Waals surface area contributed by atoms with Crippen molar-refractivity contribution in [2.45, 2.75) is 0 Å². The van der Waals surface area contributed by atoms with Crippen LogP contribution in [-0.2, 0) is 0 Å². The molecule has 2 rings (SSSR count). The zero-order chi connectivity index (χ0) is 11.5. The van der Waals surface area contributed by atoms with E-state index in [2.05, 4.69) is 11.1 Å². The zero-order valence-corrected chi connectivity index (χ0v) is 8.81. The first-order valence-corrected chi connectivity index (χ1v) is 4.83. The lowest BCUT2D eigenvalue weighted by molar-refractivity contribution is -0.384. The summed E-state index contributed by atoms with van der Waals surface area (Å²) in [6, 6.07) is 10.7. The molecular formula is C11H6ClN2O2. The van der Waals surface area contributed by atoms with E-state index in [1.807, 2.05) is 0 Å². The van der Waals surface area contributed by atoms with Crippen LogP contribution in [0.3, 0.4) is 0 Å². The lowest BCUT2D eigenvalue weighted by Crippen LogP contribution is -1.89. The molecule has 0 aliphatic rings. The van der Waals surface area contributed by atoms with Gasteiger partial charge < -0.3 is 0 Å². The molecule has 16 heavy (non-hydrogen) atoms. The molecule has 0 amide bonds. The Kier molecular flexibility index (Phi) is 2.83. The van der Waals surface area contributed by atoms with Gasteiger partial charge in [-0.1, -0.05) is 23.7 Å². The zero-order valence-electron chi connectivity index (χ0n) is 8.05. The smallest absolute Gasteiger partial charge is 0.258 e. The molecule has 2 aromatic rings. The molecule has 0 N–H and O–H groups in total. The van der Waals surface area contributed by atoms with E-state index in [1.165, 1.54) is 18.3 Å². The Balaban J connectivity index is 2.53. The Morgan fingerprint density at radius 1 is 1.44 bits per heavy atom. The first kappa shape index (κ1) is 10.6. The Labute approximate surface area is 96.7 Å². The van der Waals surface area contributed by atoms with Gasteiger partial charge in [0, 0.05) is 23.9 Å². The van der Waals surface area contributed by atoms with E-state index in [0.29, 0.717) is 11.1 Å². The van der Waals surface area contributed by atoms with Crippen LogP contribution in [0.4, 0.5) is 5.69 Å². The maximum atomic E-state index is 10.6. The van der Waals surface area contributed by atoms with Crippen molar-refractivity contribution in [2.24, 2.45) is 0 Å². The Hall–Kier alpha value is -1.94. The van der Waals surface area contributed by atoms with Crippen LogP contribution in [0.15, 0.2) is 36.5 Å². The standard InChI is InChI=1S/C11H6ClN2O2/c12-11-10(5-2-6-13-11)8-3-1-4-9(7-8)14(15)16/h1-4,6-7H. The van der Waals surface area contributed by atoms with E-state index >= 15 is 0 Å². The molecule has 0 aliphatic heterocycles. The summed E-state index contributed by atoms with van der Waals surface area (Å²) in [7, 11) is 0. The monoisotopic (exact) mass is 233 g/mol. The molecule has 0 atom stereocenters. The van der Waals surface area contributed by atoms with E-state index in [-0.39, 0.29) is 10.8 Å². The van der Waals surface area contributed by atoms with Gasteiger partial charge in [0.1, 0.15) is 5.15 Å². The van der Waals surface area contributed by atoms with Gasteiger partial charge in [-0.15, -0.1) is 0 Å². The molecule has 0 fully saturated rings. The largest absolute Gasteiger partial charge is 0.270 e. The van der Waals surface area contributed by atoms with Gasteiger partial charge in [0.05, 0.1) is 4.92 Å². The van der Waals surface area contributed by atoms with Gasteiger partial charge in [0.2, 0.25) is 0 Å². The second-order valence-corrected chi connectivity index (χ2v) is 3.42. The fraction of sp³-hybridized carbons (Fsp3) is 0. The van der Waals surface area contributed by atoms with Crippen molar-refractivity contribution in [3.63, 3.8) is 0 Å². The molecule has 0 saturated heterocycles. The predicted octanol–water partition coefficient (Wildman–Crippen LogP) is 3.11. The van der Waals surface area contributed by atoms with E-state index in [9.17, 15) is 10.1 Å². The molecule has 0 spiro atoms. The number of nitro benzene ring substituents is 1. The summed E-state index contributed by atoms with van der Waals surface area (Å²) in [5.74, 6) is 0. The van der Waals surface area contributed by atoms with E-state index < -0.39 is 4.92 Å². The Morgan fingerprint density at radius 2 is 2.25 bits per heavy atom. The van der Waals surface area contributed by atoms with Gasteiger partial charge in [-0.05, 0) is 17.7 Å². The molecule has 1 heterocycles. The van der Waals surface area contributed by atoms with Crippen LogP contribution in [0, 0.1) is 16.2 Å². The van der Waals surface area contributed by atoms with E-state index in [0.717, 1.165) is 0 Å². The minimum atomic E-state index is -0.451. The number of halogens is 1. The molecule has 0 unspecified atom stereocenters. The maximum absolute atomic E-state index is 10.6. The van der Waals surface area contributed by atoms with Crippen molar-refractivity contribution >= 4 is 17.3 Å². The molecule has 1 radical (unpaired) electrons. The molecule has 1 aromatic heterocycles. The molecule has 4 nitrogen and oxygen atoms in total. The number of rotatable bonds is 2. The number of nitrogens with zero attached hydrogens (tertiary/aromatic N) is 2. The summed E-state index contributed by atoms with van der Waals surface area (Å²) in [4.78, 5) is 14.1. The quantitative estimate of drug-likeness (QED) is 0.455. The lowest BCUT2D eigenvalue weighted by Gasteiger charge is -2.02. The number of benzene rings is 1. The van der Waals surface area contributed by atoms with Crippen LogP contribution in [0.1, 0.15) is 0 Å². The summed E-state index contributed by atoms with van der Waals surface area (Å²) in [5, 5.41) is 10.9. The fourth-order valence-corrected chi connectivity index (χ4v) is 1.54. The highest BCUT2D eigenvalue weighted by Crippen LogP contribution is 2.27. The van der Waals surface area contributed by atoms with Crippen molar-refractivity contribution in [1.82, 2.24) is 4.98 Å². The summed E-state index contributed by atoms with van der Waals surface area (Å²) in [6.45, 7) is 0. The van der Waals surface area contributed by atoms with Crippen LogP contribution in [0.25, 0.3) is 11.1 Å².